The molecule has 0 unspecified atom stereocenters. The van der Waals surface area contributed by atoms with E-state index in [1.54, 1.807) is 0 Å². The number of hydrogen-bond donors (Lipinski definition) is 0. The molecule has 3 aliphatic rings. The highest BCUT2D eigenvalue weighted by Crippen LogP contribution is 2.52. The smallest absolute Gasteiger partial charge is 0.238 e. The maximum atomic E-state index is 4.99. The summed E-state index contributed by atoms with van der Waals surface area (Å²) in [6, 6.07) is 135. The Morgan fingerprint density at radius 3 is 0.729 bits per heavy atom. The van der Waals surface area contributed by atoms with Crippen molar-refractivity contribution in [2.75, 3.05) is 0 Å². The maximum Gasteiger partial charge on any atom is 0.238 e. The Bertz CT molecular complexity index is 8110. The molecule has 0 bridgehead atoms. The molecule has 0 atom stereocenters. The summed E-state index contributed by atoms with van der Waals surface area (Å²) >= 11 is 0. The molecular weight excluding hydrogens is 1580 g/mol. The van der Waals surface area contributed by atoms with Gasteiger partial charge in [0.2, 0.25) is 5.95 Å². The van der Waals surface area contributed by atoms with Crippen LogP contribution in [0.5, 0.6) is 0 Å². The lowest BCUT2D eigenvalue weighted by molar-refractivity contribution is 0.933. The molecule has 602 valence electrons. The van der Waals surface area contributed by atoms with E-state index in [2.05, 4.69) is 226 Å². The zero-order valence-electron chi connectivity index (χ0n) is 69.2. The van der Waals surface area contributed by atoms with Crippen LogP contribution in [0.1, 0.15) is 0 Å². The molecule has 26 rings (SSSR count). The van der Waals surface area contributed by atoms with Gasteiger partial charge in [-0.1, -0.05) is 322 Å². The van der Waals surface area contributed by atoms with Crippen molar-refractivity contribution in [3.63, 3.8) is 0 Å². The van der Waals surface area contributed by atoms with E-state index < -0.39 is 0 Å². The Balaban J connectivity index is 0.000000108. The molecule has 9 aromatic heterocycles. The molecule has 14 aromatic carbocycles. The van der Waals surface area contributed by atoms with E-state index in [0.717, 1.165) is 128 Å². The highest BCUT2D eigenvalue weighted by atomic mass is 15.2. The summed E-state index contributed by atoms with van der Waals surface area (Å²) in [7, 11) is 0. The van der Waals surface area contributed by atoms with Crippen LogP contribution in [0.15, 0.2) is 431 Å². The molecule has 0 amide bonds. The van der Waals surface area contributed by atoms with Crippen LogP contribution >= 0.6 is 0 Å². The number of hydrogen-bond acceptors (Lipinski definition) is 12. The predicted octanol–water partition coefficient (Wildman–Crippen LogP) is 26.9. The van der Waals surface area contributed by atoms with Crippen LogP contribution in [0.2, 0.25) is 0 Å². The SMILES string of the molecule is c1ccc(-c2nc(-c3ccccc3)nc(-c3ccc(-n4cc5c6c(cccc64)-c4ccccc4-c4cccnc4-5)cc3)n2)cc1.c1ccc(-c2nc(-c3ccccc3)nc(-c3cccc(-n4cc5c6c(cccc64)-c4ccccc4-c4cccnc4-5)c3)n2)cc1.c1ccc(-c2nc(-c3ccccc3)nc(-n3cc4c5c(cccc53)-c3ccccc3-c3cccnc3-4)n2)cc1. The summed E-state index contributed by atoms with van der Waals surface area (Å²) in [4.78, 5) is 59.0. The first-order valence-corrected chi connectivity index (χ1v) is 42.9. The van der Waals surface area contributed by atoms with Crippen LogP contribution in [0.4, 0.5) is 0 Å². The first-order valence-electron chi connectivity index (χ1n) is 42.9. The van der Waals surface area contributed by atoms with Gasteiger partial charge in [0.25, 0.3) is 0 Å². The number of pyridine rings is 3. The normalized spacial score (nSPS) is 11.6. The molecule has 0 N–H and O–H groups in total. The number of rotatable bonds is 11. The molecule has 0 saturated heterocycles. The second-order valence-corrected chi connectivity index (χ2v) is 31.9. The van der Waals surface area contributed by atoms with Crippen LogP contribution in [-0.2, 0) is 0 Å². The lowest BCUT2D eigenvalue weighted by atomic mass is 9.95. The fourth-order valence-electron chi connectivity index (χ4n) is 18.4. The van der Waals surface area contributed by atoms with E-state index in [4.69, 9.17) is 59.8 Å². The van der Waals surface area contributed by atoms with Gasteiger partial charge in [-0.05, 0) is 123 Å². The third kappa shape index (κ3) is 13.4. The summed E-state index contributed by atoms with van der Waals surface area (Å²) in [6.45, 7) is 0. The van der Waals surface area contributed by atoms with Crippen molar-refractivity contribution in [3.8, 4) is 209 Å². The van der Waals surface area contributed by atoms with Crippen molar-refractivity contribution < 1.29 is 0 Å². The summed E-state index contributed by atoms with van der Waals surface area (Å²) < 4.78 is 6.62. The zero-order chi connectivity index (χ0) is 85.2. The molecule has 9 heterocycles. The Morgan fingerprint density at radius 1 is 0.155 bits per heavy atom. The molecule has 3 aliphatic carbocycles. The van der Waals surface area contributed by atoms with Crippen molar-refractivity contribution in [1.29, 1.82) is 0 Å². The van der Waals surface area contributed by atoms with Gasteiger partial charge < -0.3 is 9.13 Å². The minimum absolute atomic E-state index is 0.572. The summed E-state index contributed by atoms with van der Waals surface area (Å²) in [6.07, 6.45) is 12.2. The minimum atomic E-state index is 0.572. The molecule has 15 nitrogen and oxygen atoms in total. The average molecular weight is 1650 g/mol. The van der Waals surface area contributed by atoms with Gasteiger partial charge in [-0.15, -0.1) is 0 Å². The van der Waals surface area contributed by atoms with E-state index in [1.807, 2.05) is 219 Å². The topological polar surface area (TPSA) is 169 Å². The van der Waals surface area contributed by atoms with Gasteiger partial charge in [0.05, 0.1) is 33.6 Å². The van der Waals surface area contributed by atoms with Gasteiger partial charge in [-0.3, -0.25) is 19.5 Å². The van der Waals surface area contributed by atoms with E-state index in [1.165, 1.54) is 60.8 Å². The van der Waals surface area contributed by atoms with Crippen molar-refractivity contribution >= 4 is 32.7 Å². The van der Waals surface area contributed by atoms with Gasteiger partial charge >= 0.3 is 0 Å². The second kappa shape index (κ2) is 31.8. The highest BCUT2D eigenvalue weighted by Gasteiger charge is 2.30. The average Bonchev–Trinajstić information content (AvgIpc) is 1.58. The van der Waals surface area contributed by atoms with E-state index >= 15 is 0 Å². The zero-order valence-corrected chi connectivity index (χ0v) is 69.2. The van der Waals surface area contributed by atoms with Gasteiger partial charge in [0.15, 0.2) is 46.6 Å². The van der Waals surface area contributed by atoms with E-state index in [-0.39, 0.29) is 0 Å². The number of fused-ring (bicyclic) bond motifs is 15. The monoisotopic (exact) mass is 1650 g/mol. The summed E-state index contributed by atoms with van der Waals surface area (Å²) in [5.74, 6) is 5.70. The third-order valence-corrected chi connectivity index (χ3v) is 24.3. The van der Waals surface area contributed by atoms with Crippen molar-refractivity contribution in [3.05, 3.63) is 431 Å². The Kier molecular flexibility index (Phi) is 18.5. The van der Waals surface area contributed by atoms with E-state index in [0.29, 0.717) is 52.5 Å². The van der Waals surface area contributed by atoms with Gasteiger partial charge in [0.1, 0.15) is 0 Å². The molecule has 129 heavy (non-hydrogen) atoms. The number of benzene rings is 14. The first-order chi connectivity index (χ1) is 64.0. The molecular formula is C114H71N15. The predicted molar refractivity (Wildman–Crippen MR) is 516 cm³/mol. The van der Waals surface area contributed by atoms with Gasteiger partial charge in [0, 0.05) is 143 Å². The van der Waals surface area contributed by atoms with E-state index in [9.17, 15) is 0 Å². The highest BCUT2D eigenvalue weighted by molar-refractivity contribution is 6.16. The van der Waals surface area contributed by atoms with Crippen LogP contribution in [-0.4, -0.2) is 73.5 Å². The molecule has 0 saturated carbocycles. The molecule has 0 radical (unpaired) electrons. The van der Waals surface area contributed by atoms with Crippen molar-refractivity contribution in [2.45, 2.75) is 0 Å². The number of nitrogens with zero attached hydrogens (tertiary/aromatic N) is 15. The minimum Gasteiger partial charge on any atom is -0.316 e. The third-order valence-electron chi connectivity index (χ3n) is 24.3. The number of aromatic nitrogens is 15. The Morgan fingerprint density at radius 2 is 0.395 bits per heavy atom. The molecule has 23 aromatic rings. The van der Waals surface area contributed by atoms with Crippen molar-refractivity contribution in [2.24, 2.45) is 0 Å². The molecule has 0 aliphatic heterocycles. The van der Waals surface area contributed by atoms with Crippen LogP contribution in [0.3, 0.4) is 0 Å². The van der Waals surface area contributed by atoms with Crippen LogP contribution < -0.4 is 0 Å². The summed E-state index contributed by atoms with van der Waals surface area (Å²) in [5.41, 5.74) is 33.4. The quantitative estimate of drug-likeness (QED) is 0.120. The van der Waals surface area contributed by atoms with Gasteiger partial charge in [-0.25, -0.2) is 34.9 Å². The lowest BCUT2D eigenvalue weighted by Gasteiger charge is -2.12. The largest absolute Gasteiger partial charge is 0.316 e. The summed E-state index contributed by atoms with van der Waals surface area (Å²) in [5, 5.41) is 3.56. The van der Waals surface area contributed by atoms with Gasteiger partial charge in [-0.2, -0.15) is 9.97 Å². The maximum absolute atomic E-state index is 4.99. The fraction of sp³-hybridized carbons (Fsp3) is 0. The lowest BCUT2D eigenvalue weighted by Crippen LogP contribution is -2.05. The van der Waals surface area contributed by atoms with Crippen molar-refractivity contribution in [1.82, 2.24) is 73.5 Å². The molecule has 0 spiro atoms. The molecule has 15 heteroatoms. The Hall–Kier alpha value is -17.8. The fourth-order valence-corrected chi connectivity index (χ4v) is 18.4. The Labute approximate surface area is 741 Å². The van der Waals surface area contributed by atoms with Crippen LogP contribution in [0.25, 0.3) is 242 Å². The standard InChI is InChI=1S/2C40H25N5.C34H21N5/c1-3-12-26(13-4-1)38-42-39(27-14-5-2-6-15-27)44-40(43-38)28-16-9-17-29(24-28)45-25-34-36-32(20-10-22-35(36)45)30-18-7-8-19-31(30)33-21-11-23-41-37(33)34;1-3-11-26(12-4-1)38-42-39(27-13-5-2-6-14-27)44-40(43-38)28-20-22-29(23-21-28)45-25-34-36-32(17-9-19-35(36)45)30-15-7-8-16-31(30)33-18-10-24-41-37(33)34;1-3-11-22(12-4-1)32-36-33(23-13-5-2-6-14-23)38-34(37-32)39-21-28-30-26(17-9-19-29(30)39)24-15-7-8-16-25(24)27-18-10-20-35-31(27)28/h2*1-25H;1-21H. The molecule has 0 fully saturated rings. The van der Waals surface area contributed by atoms with Crippen LogP contribution in [0, 0.1) is 0 Å². The first kappa shape index (κ1) is 75.0. The second-order valence-electron chi connectivity index (χ2n) is 31.9.